The molecule has 0 aliphatic carbocycles. The van der Waals surface area contributed by atoms with Crippen LogP contribution in [0.1, 0.15) is 47.3 Å². The van der Waals surface area contributed by atoms with E-state index >= 15 is 0 Å². The van der Waals surface area contributed by atoms with Crippen LogP contribution in [0.5, 0.6) is 0 Å². The van der Waals surface area contributed by atoms with Crippen molar-refractivity contribution in [1.82, 2.24) is 0 Å². The maximum atomic E-state index is 13.5. The van der Waals surface area contributed by atoms with Crippen LogP contribution in [0.3, 0.4) is 0 Å². The number of fused-ring (bicyclic) bond motifs is 1. The normalized spacial score (nSPS) is 13.6. The predicted molar refractivity (Wildman–Crippen MR) is 143 cm³/mol. The molecule has 0 unspecified atom stereocenters. The Morgan fingerprint density at radius 1 is 1.03 bits per heavy atom. The molecule has 10 heteroatoms. The molecule has 4 rings (SSSR count). The van der Waals surface area contributed by atoms with Crippen LogP contribution >= 0.6 is 11.3 Å². The molecule has 190 valence electrons. The van der Waals surface area contributed by atoms with Crippen LogP contribution < -0.4 is 14.9 Å². The zero-order chi connectivity index (χ0) is 26.1. The van der Waals surface area contributed by atoms with Crippen LogP contribution in [0.4, 0.5) is 21.9 Å². The first kappa shape index (κ1) is 25.7. The number of carbonyl (C=O) groups excluding carboxylic acids is 2. The standard InChI is InChI=1S/C26H29N3O5S2/c1-26(2,3)22-16-20(23(35-22)24(30)34-4)28-25(31)27-18-11-7-12-19(15-18)36(32,33)29-14-8-10-17-9-5-6-13-21(17)29/h5-7,9,11-13,15-16H,8,10,14H2,1-4H3,(H2,27,28,31). The Labute approximate surface area is 215 Å². The minimum atomic E-state index is -3.82. The summed E-state index contributed by atoms with van der Waals surface area (Å²) in [5.74, 6) is -0.541. The third kappa shape index (κ3) is 5.24. The number of thiophene rings is 1. The number of hydrogen-bond donors (Lipinski definition) is 2. The number of hydrogen-bond acceptors (Lipinski definition) is 6. The molecule has 8 nitrogen and oxygen atoms in total. The number of nitrogens with zero attached hydrogens (tertiary/aromatic N) is 1. The van der Waals surface area contributed by atoms with Gasteiger partial charge in [-0.1, -0.05) is 45.0 Å². The number of nitrogens with one attached hydrogen (secondary N) is 2. The summed E-state index contributed by atoms with van der Waals surface area (Å²) in [6.07, 6.45) is 1.56. The second-order valence-electron chi connectivity index (χ2n) is 9.51. The molecule has 3 aromatic rings. The molecular formula is C26H29N3O5S2. The van der Waals surface area contributed by atoms with E-state index in [1.54, 1.807) is 18.2 Å². The smallest absolute Gasteiger partial charge is 0.350 e. The van der Waals surface area contributed by atoms with Gasteiger partial charge in [0.25, 0.3) is 10.0 Å². The van der Waals surface area contributed by atoms with E-state index in [-0.39, 0.29) is 15.2 Å². The van der Waals surface area contributed by atoms with Crippen molar-refractivity contribution < 1.29 is 22.7 Å². The molecule has 2 aromatic carbocycles. The molecule has 2 amide bonds. The lowest BCUT2D eigenvalue weighted by Gasteiger charge is -2.30. The monoisotopic (exact) mass is 527 g/mol. The molecule has 0 radical (unpaired) electrons. The Balaban J connectivity index is 1.56. The highest BCUT2D eigenvalue weighted by Gasteiger charge is 2.29. The van der Waals surface area contributed by atoms with E-state index in [4.69, 9.17) is 4.74 Å². The number of anilines is 3. The van der Waals surface area contributed by atoms with Crippen LogP contribution in [0.2, 0.25) is 0 Å². The van der Waals surface area contributed by atoms with Gasteiger partial charge in [-0.2, -0.15) is 0 Å². The van der Waals surface area contributed by atoms with Crippen LogP contribution in [0, 0.1) is 0 Å². The zero-order valence-electron chi connectivity index (χ0n) is 20.6. The summed E-state index contributed by atoms with van der Waals surface area (Å²) in [5.41, 5.74) is 2.10. The molecular weight excluding hydrogens is 498 g/mol. The molecule has 0 atom stereocenters. The molecule has 0 saturated carbocycles. The van der Waals surface area contributed by atoms with Crippen LogP contribution in [-0.4, -0.2) is 34.1 Å². The van der Waals surface area contributed by atoms with Gasteiger partial charge in [-0.05, 0) is 54.2 Å². The molecule has 0 spiro atoms. The molecule has 1 aliphatic heterocycles. The summed E-state index contributed by atoms with van der Waals surface area (Å²) in [6, 6.07) is 14.8. The van der Waals surface area contributed by atoms with E-state index < -0.39 is 22.0 Å². The van der Waals surface area contributed by atoms with E-state index in [1.165, 1.54) is 34.9 Å². The Morgan fingerprint density at radius 3 is 2.50 bits per heavy atom. The van der Waals surface area contributed by atoms with Gasteiger partial charge in [0.05, 0.1) is 23.4 Å². The van der Waals surface area contributed by atoms with Crippen LogP contribution in [0.25, 0.3) is 0 Å². The van der Waals surface area contributed by atoms with Crippen LogP contribution in [0.15, 0.2) is 59.5 Å². The number of sulfonamides is 1. The number of para-hydroxylation sites is 1. The average molecular weight is 528 g/mol. The highest BCUT2D eigenvalue weighted by molar-refractivity contribution is 7.92. The largest absolute Gasteiger partial charge is 0.465 e. The van der Waals surface area contributed by atoms with E-state index in [2.05, 4.69) is 10.6 Å². The molecule has 0 saturated heterocycles. The molecule has 2 N–H and O–H groups in total. The molecule has 36 heavy (non-hydrogen) atoms. The van der Waals surface area contributed by atoms with Crippen molar-refractivity contribution in [2.24, 2.45) is 0 Å². The van der Waals surface area contributed by atoms with Crippen molar-refractivity contribution in [2.75, 3.05) is 28.6 Å². The number of esters is 1. The Morgan fingerprint density at radius 2 is 1.78 bits per heavy atom. The molecule has 0 bridgehead atoms. The van der Waals surface area contributed by atoms with Gasteiger partial charge >= 0.3 is 12.0 Å². The third-order valence-corrected chi connectivity index (χ3v) is 9.19. The zero-order valence-corrected chi connectivity index (χ0v) is 22.3. The molecule has 0 fully saturated rings. The van der Waals surface area contributed by atoms with Gasteiger partial charge < -0.3 is 15.4 Å². The Bertz CT molecular complexity index is 1410. The lowest BCUT2D eigenvalue weighted by atomic mass is 9.94. The van der Waals surface area contributed by atoms with Crippen molar-refractivity contribution >= 4 is 50.4 Å². The number of ether oxygens (including phenoxy) is 1. The van der Waals surface area contributed by atoms with E-state index in [0.29, 0.717) is 23.6 Å². The number of methoxy groups -OCH3 is 1. The van der Waals surface area contributed by atoms with Crippen molar-refractivity contribution in [3.63, 3.8) is 0 Å². The second kappa shape index (κ2) is 9.94. The minimum Gasteiger partial charge on any atom is -0.465 e. The van der Waals surface area contributed by atoms with E-state index in [9.17, 15) is 18.0 Å². The first-order valence-electron chi connectivity index (χ1n) is 11.5. The quantitative estimate of drug-likeness (QED) is 0.419. The average Bonchev–Trinajstić information content (AvgIpc) is 3.27. The first-order valence-corrected chi connectivity index (χ1v) is 13.8. The van der Waals surface area contributed by atoms with Crippen molar-refractivity contribution in [1.29, 1.82) is 0 Å². The second-order valence-corrected chi connectivity index (χ2v) is 12.4. The fraction of sp³-hybridized carbons (Fsp3) is 0.308. The third-order valence-electron chi connectivity index (χ3n) is 5.84. The summed E-state index contributed by atoms with van der Waals surface area (Å²) in [6.45, 7) is 6.42. The van der Waals surface area contributed by atoms with Gasteiger partial charge in [0.15, 0.2) is 0 Å². The summed E-state index contributed by atoms with van der Waals surface area (Å²) >= 11 is 1.26. The Hall–Kier alpha value is -3.37. The molecule has 1 aliphatic rings. The van der Waals surface area contributed by atoms with Gasteiger partial charge in [-0.25, -0.2) is 18.0 Å². The minimum absolute atomic E-state index is 0.0813. The van der Waals surface area contributed by atoms with Gasteiger partial charge in [0.1, 0.15) is 4.88 Å². The molecule has 2 heterocycles. The fourth-order valence-corrected chi connectivity index (χ4v) is 6.67. The number of rotatable bonds is 5. The predicted octanol–water partition coefficient (Wildman–Crippen LogP) is 5.62. The Kier molecular flexibility index (Phi) is 7.10. The lowest BCUT2D eigenvalue weighted by molar-refractivity contribution is 0.0607. The van der Waals surface area contributed by atoms with E-state index in [1.807, 2.05) is 45.0 Å². The summed E-state index contributed by atoms with van der Waals surface area (Å²) in [4.78, 5) is 26.3. The number of aryl methyl sites for hydroxylation is 1. The van der Waals surface area contributed by atoms with E-state index in [0.717, 1.165) is 23.3 Å². The fourth-order valence-electron chi connectivity index (χ4n) is 3.99. The highest BCUT2D eigenvalue weighted by atomic mass is 32.2. The van der Waals surface area contributed by atoms with Crippen molar-refractivity contribution in [3.05, 3.63) is 69.9 Å². The summed E-state index contributed by atoms with van der Waals surface area (Å²) in [7, 11) is -2.54. The first-order chi connectivity index (χ1) is 17.0. The maximum Gasteiger partial charge on any atom is 0.350 e. The SMILES string of the molecule is COC(=O)c1sc(C(C)(C)C)cc1NC(=O)Nc1cccc(S(=O)(=O)N2CCCc3ccccc32)c1. The maximum absolute atomic E-state index is 13.5. The van der Waals surface area contributed by atoms with Gasteiger partial charge in [0.2, 0.25) is 0 Å². The summed E-state index contributed by atoms with van der Waals surface area (Å²) < 4.78 is 33.2. The van der Waals surface area contributed by atoms with Gasteiger partial charge in [-0.3, -0.25) is 4.31 Å². The number of amides is 2. The highest BCUT2D eigenvalue weighted by Crippen LogP contribution is 2.36. The molecule has 1 aromatic heterocycles. The number of benzene rings is 2. The number of urea groups is 1. The van der Waals surface area contributed by atoms with Crippen molar-refractivity contribution in [2.45, 2.75) is 43.9 Å². The van der Waals surface area contributed by atoms with Crippen LogP contribution in [-0.2, 0) is 26.6 Å². The number of carbonyl (C=O) groups is 2. The summed E-state index contributed by atoms with van der Waals surface area (Å²) in [5, 5.41) is 5.38. The van der Waals surface area contributed by atoms with Gasteiger partial charge in [-0.15, -0.1) is 11.3 Å². The van der Waals surface area contributed by atoms with Gasteiger partial charge in [0, 0.05) is 17.1 Å². The lowest BCUT2D eigenvalue weighted by Crippen LogP contribution is -2.35. The topological polar surface area (TPSA) is 105 Å². The van der Waals surface area contributed by atoms with Crippen molar-refractivity contribution in [3.8, 4) is 0 Å².